The van der Waals surface area contributed by atoms with Gasteiger partial charge in [0.25, 0.3) is 0 Å². The summed E-state index contributed by atoms with van der Waals surface area (Å²) >= 11 is 1.93. The highest BCUT2D eigenvalue weighted by atomic mass is 32.2. The minimum atomic E-state index is -0.234. The third-order valence-corrected chi connectivity index (χ3v) is 7.98. The second-order valence-electron chi connectivity index (χ2n) is 9.35. The average Bonchev–Trinajstić information content (AvgIpc) is 2.90. The van der Waals surface area contributed by atoms with Crippen LogP contribution in [0, 0.1) is 5.92 Å². The number of methoxy groups -OCH3 is 1. The molecule has 5 heteroatoms. The molecule has 1 aliphatic carbocycles. The molecule has 1 aliphatic heterocycles. The van der Waals surface area contributed by atoms with Crippen LogP contribution in [0.3, 0.4) is 0 Å². The fourth-order valence-corrected chi connectivity index (χ4v) is 5.28. The van der Waals surface area contributed by atoms with Crippen LogP contribution in [-0.4, -0.2) is 31.2 Å². The topological polar surface area (TPSA) is 27.7 Å². The van der Waals surface area contributed by atoms with Gasteiger partial charge in [-0.1, -0.05) is 38.5 Å². The lowest BCUT2D eigenvalue weighted by atomic mass is 9.59. The summed E-state index contributed by atoms with van der Waals surface area (Å²) in [6.07, 6.45) is 9.16. The molecule has 0 spiro atoms. The molecule has 1 atom stereocenters. The zero-order valence-corrected chi connectivity index (χ0v) is 19.1. The maximum absolute atomic E-state index is 6.48. The van der Waals surface area contributed by atoms with Crippen LogP contribution in [0.5, 0.6) is 5.75 Å². The third-order valence-electron chi connectivity index (χ3n) is 6.89. The average molecular weight is 404 g/mol. The van der Waals surface area contributed by atoms with Gasteiger partial charge in [0.2, 0.25) is 0 Å². The molecular weight excluding hydrogens is 367 g/mol. The van der Waals surface area contributed by atoms with Gasteiger partial charge in [-0.05, 0) is 75.9 Å². The van der Waals surface area contributed by atoms with Crippen LogP contribution in [-0.2, 0) is 9.31 Å². The van der Waals surface area contributed by atoms with E-state index in [4.69, 9.17) is 14.0 Å². The molecule has 1 aromatic carbocycles. The van der Waals surface area contributed by atoms with Crippen LogP contribution in [0.15, 0.2) is 29.2 Å². The van der Waals surface area contributed by atoms with Crippen LogP contribution in [0.4, 0.5) is 0 Å². The van der Waals surface area contributed by atoms with Gasteiger partial charge in [-0.15, -0.1) is 11.8 Å². The molecule has 0 amide bonds. The Kier molecular flexibility index (Phi) is 7.44. The fourth-order valence-electron chi connectivity index (χ4n) is 4.40. The van der Waals surface area contributed by atoms with Crippen molar-refractivity contribution in [2.24, 2.45) is 5.92 Å². The molecule has 2 fully saturated rings. The van der Waals surface area contributed by atoms with Crippen LogP contribution < -0.4 is 4.74 Å². The van der Waals surface area contributed by atoms with Crippen molar-refractivity contribution in [1.82, 2.24) is 0 Å². The molecule has 28 heavy (non-hydrogen) atoms. The van der Waals surface area contributed by atoms with Gasteiger partial charge < -0.3 is 14.0 Å². The van der Waals surface area contributed by atoms with Gasteiger partial charge in [-0.25, -0.2) is 0 Å². The summed E-state index contributed by atoms with van der Waals surface area (Å²) < 4.78 is 18.2. The first kappa shape index (κ1) is 22.0. The van der Waals surface area contributed by atoms with Gasteiger partial charge in [-0.3, -0.25) is 0 Å². The summed E-state index contributed by atoms with van der Waals surface area (Å²) in [5, 5.41) is 0. The van der Waals surface area contributed by atoms with Gasteiger partial charge >= 0.3 is 7.12 Å². The standard InChI is InChI=1S/C23H37BO3S/c1-22(2)23(3,4)27-24(26-22)21(18-10-7-6-8-11-18)12-9-17-28-20-15-13-19(25-5)14-16-20/h13-16,18,21H,6-12,17H2,1-5H3. The Hall–Kier alpha value is -0.645. The van der Waals surface area contributed by atoms with E-state index in [0.717, 1.165) is 17.4 Å². The van der Waals surface area contributed by atoms with E-state index < -0.39 is 0 Å². The first-order chi connectivity index (χ1) is 13.3. The van der Waals surface area contributed by atoms with Crippen LogP contribution in [0.1, 0.15) is 72.6 Å². The minimum Gasteiger partial charge on any atom is -0.497 e. The SMILES string of the molecule is COc1ccc(SCCCC(B2OC(C)(C)C(C)(C)O2)C2CCCCC2)cc1. The summed E-state index contributed by atoms with van der Waals surface area (Å²) in [6.45, 7) is 8.68. The largest absolute Gasteiger partial charge is 0.497 e. The summed E-state index contributed by atoms with van der Waals surface area (Å²) in [5.41, 5.74) is -0.467. The third kappa shape index (κ3) is 5.28. The molecule has 2 aliphatic rings. The monoisotopic (exact) mass is 404 g/mol. The zero-order valence-electron chi connectivity index (χ0n) is 18.3. The van der Waals surface area contributed by atoms with E-state index in [1.165, 1.54) is 49.8 Å². The maximum atomic E-state index is 6.48. The summed E-state index contributed by atoms with van der Waals surface area (Å²) in [4.78, 5) is 1.31. The Bertz CT molecular complexity index is 595. The molecule has 1 heterocycles. The summed E-state index contributed by atoms with van der Waals surface area (Å²) in [7, 11) is 1.66. The molecular formula is C23H37BO3S. The van der Waals surface area contributed by atoms with Gasteiger partial charge in [-0.2, -0.15) is 0 Å². The van der Waals surface area contributed by atoms with E-state index in [1.54, 1.807) is 7.11 Å². The van der Waals surface area contributed by atoms with Gasteiger partial charge in [0.05, 0.1) is 18.3 Å². The lowest BCUT2D eigenvalue weighted by molar-refractivity contribution is 0.00578. The Morgan fingerprint density at radius 1 is 1.04 bits per heavy atom. The van der Waals surface area contributed by atoms with E-state index in [0.29, 0.717) is 5.82 Å². The molecule has 3 nitrogen and oxygen atoms in total. The number of thioether (sulfide) groups is 1. The molecule has 1 saturated carbocycles. The molecule has 0 radical (unpaired) electrons. The van der Waals surface area contributed by atoms with Crippen molar-refractivity contribution >= 4 is 18.9 Å². The van der Waals surface area contributed by atoms with Crippen LogP contribution in [0.2, 0.25) is 5.82 Å². The summed E-state index contributed by atoms with van der Waals surface area (Å²) in [6, 6.07) is 8.38. The highest BCUT2D eigenvalue weighted by Crippen LogP contribution is 2.46. The fraction of sp³-hybridized carbons (Fsp3) is 0.739. The van der Waals surface area contributed by atoms with Crippen molar-refractivity contribution in [3.8, 4) is 5.75 Å². The summed E-state index contributed by atoms with van der Waals surface area (Å²) in [5.74, 6) is 3.31. The first-order valence-corrected chi connectivity index (χ1v) is 11.9. The normalized spacial score (nSPS) is 23.0. The quantitative estimate of drug-likeness (QED) is 0.277. The van der Waals surface area contributed by atoms with Gasteiger partial charge in [0, 0.05) is 4.90 Å². The number of benzene rings is 1. The number of hydrogen-bond donors (Lipinski definition) is 0. The highest BCUT2D eigenvalue weighted by Gasteiger charge is 2.54. The molecule has 1 saturated heterocycles. The second kappa shape index (κ2) is 9.44. The van der Waals surface area contributed by atoms with E-state index in [1.807, 2.05) is 23.9 Å². The van der Waals surface area contributed by atoms with Crippen molar-refractivity contribution in [1.29, 1.82) is 0 Å². The smallest absolute Gasteiger partial charge is 0.461 e. The van der Waals surface area contributed by atoms with Crippen molar-refractivity contribution in [2.75, 3.05) is 12.9 Å². The van der Waals surface area contributed by atoms with E-state index >= 15 is 0 Å². The molecule has 0 aromatic heterocycles. The molecule has 1 unspecified atom stereocenters. The van der Waals surface area contributed by atoms with Crippen molar-refractivity contribution in [2.45, 2.75) is 94.6 Å². The zero-order chi connectivity index (χ0) is 20.2. The highest BCUT2D eigenvalue weighted by molar-refractivity contribution is 7.99. The van der Waals surface area contributed by atoms with E-state index in [2.05, 4.69) is 39.8 Å². The maximum Gasteiger partial charge on any atom is 0.461 e. The van der Waals surface area contributed by atoms with Gasteiger partial charge in [0.15, 0.2) is 0 Å². The first-order valence-electron chi connectivity index (χ1n) is 10.9. The van der Waals surface area contributed by atoms with Gasteiger partial charge in [0.1, 0.15) is 5.75 Å². The van der Waals surface area contributed by atoms with E-state index in [9.17, 15) is 0 Å². The lowest BCUT2D eigenvalue weighted by Gasteiger charge is -2.32. The van der Waals surface area contributed by atoms with Crippen molar-refractivity contribution in [3.63, 3.8) is 0 Å². The molecule has 1 aromatic rings. The minimum absolute atomic E-state index is 0.0564. The molecule has 156 valence electrons. The number of rotatable bonds is 8. The van der Waals surface area contributed by atoms with Crippen molar-refractivity contribution < 1.29 is 14.0 Å². The number of hydrogen-bond acceptors (Lipinski definition) is 4. The lowest BCUT2D eigenvalue weighted by Crippen LogP contribution is -2.41. The Morgan fingerprint density at radius 3 is 2.21 bits per heavy atom. The van der Waals surface area contributed by atoms with Crippen LogP contribution in [0.25, 0.3) is 0 Å². The molecule has 0 N–H and O–H groups in total. The predicted molar refractivity (Wildman–Crippen MR) is 119 cm³/mol. The number of ether oxygens (including phenoxy) is 1. The van der Waals surface area contributed by atoms with Crippen LogP contribution >= 0.6 is 11.8 Å². The Morgan fingerprint density at radius 2 is 1.64 bits per heavy atom. The molecule has 0 bridgehead atoms. The predicted octanol–water partition coefficient (Wildman–Crippen LogP) is 6.61. The Labute approximate surface area is 176 Å². The Balaban J connectivity index is 1.56. The molecule has 3 rings (SSSR count). The van der Waals surface area contributed by atoms with Crippen molar-refractivity contribution in [3.05, 3.63) is 24.3 Å². The van der Waals surface area contributed by atoms with E-state index in [-0.39, 0.29) is 18.3 Å². The second-order valence-corrected chi connectivity index (χ2v) is 10.5.